The Morgan fingerprint density at radius 2 is 1.86 bits per heavy atom. The lowest BCUT2D eigenvalue weighted by molar-refractivity contribution is -0.120. The Labute approximate surface area is 129 Å². The van der Waals surface area contributed by atoms with Crippen LogP contribution in [-0.4, -0.2) is 28.7 Å². The van der Waals surface area contributed by atoms with E-state index in [0.29, 0.717) is 5.56 Å². The van der Waals surface area contributed by atoms with Crippen LogP contribution in [0, 0.1) is 6.92 Å². The number of rotatable bonds is 5. The summed E-state index contributed by atoms with van der Waals surface area (Å²) in [5.41, 5.74) is 3.42. The Kier molecular flexibility index (Phi) is 5.22. The molecule has 2 rings (SSSR count). The first-order valence-electron chi connectivity index (χ1n) is 7.05. The largest absolute Gasteiger partial charge is 0.386 e. The highest BCUT2D eigenvalue weighted by molar-refractivity contribution is 5.73. The molecule has 0 bridgehead atoms. The second-order valence-corrected chi connectivity index (χ2v) is 5.22. The van der Waals surface area contributed by atoms with E-state index in [4.69, 9.17) is 0 Å². The summed E-state index contributed by atoms with van der Waals surface area (Å²) in [4.78, 5) is 15.3. The maximum atomic E-state index is 13.0. The van der Waals surface area contributed by atoms with Gasteiger partial charge in [-0.2, -0.15) is 0 Å². The molecule has 1 aromatic carbocycles. The SMILES string of the molecule is CC(=O)NC(CF)C(O)c1ccc(-c2ccc(C)nc2)cc1. The van der Waals surface area contributed by atoms with E-state index >= 15 is 0 Å². The summed E-state index contributed by atoms with van der Waals surface area (Å²) in [5, 5.41) is 12.6. The standard InChI is InChI=1S/C17H19FN2O2/c1-11-3-4-15(10-19-11)13-5-7-14(8-6-13)17(22)16(9-18)20-12(2)21/h3-8,10,16-17,22H,9H2,1-2H3,(H,20,21). The summed E-state index contributed by atoms with van der Waals surface area (Å²) < 4.78 is 13.0. The number of nitrogens with one attached hydrogen (secondary N) is 1. The third kappa shape index (κ3) is 3.89. The van der Waals surface area contributed by atoms with Crippen LogP contribution in [0.1, 0.15) is 24.3 Å². The van der Waals surface area contributed by atoms with Gasteiger partial charge in [-0.15, -0.1) is 0 Å². The molecule has 0 fully saturated rings. The topological polar surface area (TPSA) is 62.2 Å². The van der Waals surface area contributed by atoms with Gasteiger partial charge in [-0.3, -0.25) is 9.78 Å². The lowest BCUT2D eigenvalue weighted by atomic mass is 9.99. The van der Waals surface area contributed by atoms with Crippen LogP contribution in [0.25, 0.3) is 11.1 Å². The van der Waals surface area contributed by atoms with Crippen molar-refractivity contribution in [1.29, 1.82) is 0 Å². The fraction of sp³-hybridized carbons (Fsp3) is 0.294. The number of alkyl halides is 1. The van der Waals surface area contributed by atoms with Gasteiger partial charge in [0.15, 0.2) is 0 Å². The molecule has 2 atom stereocenters. The predicted octanol–water partition coefficient (Wildman–Crippen LogP) is 2.56. The van der Waals surface area contributed by atoms with Crippen molar-refractivity contribution >= 4 is 5.91 Å². The minimum absolute atomic E-state index is 0.371. The van der Waals surface area contributed by atoms with Crippen LogP contribution >= 0.6 is 0 Å². The molecule has 2 unspecified atom stereocenters. The van der Waals surface area contributed by atoms with E-state index in [1.807, 2.05) is 31.2 Å². The number of benzene rings is 1. The maximum absolute atomic E-state index is 13.0. The smallest absolute Gasteiger partial charge is 0.217 e. The number of hydrogen-bond acceptors (Lipinski definition) is 3. The highest BCUT2D eigenvalue weighted by Gasteiger charge is 2.21. The second kappa shape index (κ2) is 7.13. The molecule has 1 heterocycles. The van der Waals surface area contributed by atoms with Crippen LogP contribution in [0.3, 0.4) is 0 Å². The van der Waals surface area contributed by atoms with Crippen LogP contribution in [0.15, 0.2) is 42.6 Å². The molecule has 5 heteroatoms. The summed E-state index contributed by atoms with van der Waals surface area (Å²) in [6.07, 6.45) is 0.696. The molecule has 22 heavy (non-hydrogen) atoms. The summed E-state index contributed by atoms with van der Waals surface area (Å²) >= 11 is 0. The average Bonchev–Trinajstić information content (AvgIpc) is 2.52. The number of carbonyl (C=O) groups is 1. The minimum Gasteiger partial charge on any atom is -0.386 e. The number of aromatic nitrogens is 1. The number of halogens is 1. The molecule has 2 aromatic rings. The molecule has 0 saturated carbocycles. The number of aliphatic hydroxyl groups is 1. The van der Waals surface area contributed by atoms with Crippen molar-refractivity contribution in [1.82, 2.24) is 10.3 Å². The molecule has 116 valence electrons. The molecule has 0 aliphatic rings. The lowest BCUT2D eigenvalue weighted by Gasteiger charge is -2.21. The van der Waals surface area contributed by atoms with Crippen LogP contribution in [0.2, 0.25) is 0 Å². The van der Waals surface area contributed by atoms with Crippen molar-refractivity contribution < 1.29 is 14.3 Å². The van der Waals surface area contributed by atoms with Gasteiger partial charge in [-0.1, -0.05) is 30.3 Å². The second-order valence-electron chi connectivity index (χ2n) is 5.22. The number of amides is 1. The fourth-order valence-electron chi connectivity index (χ4n) is 2.21. The highest BCUT2D eigenvalue weighted by atomic mass is 19.1. The third-order valence-corrected chi connectivity index (χ3v) is 3.43. The quantitative estimate of drug-likeness (QED) is 0.892. The first-order chi connectivity index (χ1) is 10.5. The van der Waals surface area contributed by atoms with E-state index in [1.54, 1.807) is 18.3 Å². The molecule has 0 aliphatic carbocycles. The van der Waals surface area contributed by atoms with E-state index in [9.17, 15) is 14.3 Å². The summed E-state index contributed by atoms with van der Waals surface area (Å²) in [7, 11) is 0. The molecule has 1 amide bonds. The minimum atomic E-state index is -1.08. The van der Waals surface area contributed by atoms with Crippen molar-refractivity contribution in [2.24, 2.45) is 0 Å². The van der Waals surface area contributed by atoms with E-state index < -0.39 is 18.8 Å². The van der Waals surface area contributed by atoms with Crippen LogP contribution in [0.5, 0.6) is 0 Å². The van der Waals surface area contributed by atoms with E-state index in [2.05, 4.69) is 10.3 Å². The number of carbonyl (C=O) groups excluding carboxylic acids is 1. The zero-order valence-electron chi connectivity index (χ0n) is 12.6. The van der Waals surface area contributed by atoms with Crippen molar-refractivity contribution in [2.45, 2.75) is 26.0 Å². The molecule has 0 spiro atoms. The fourth-order valence-corrected chi connectivity index (χ4v) is 2.21. The molecule has 2 N–H and O–H groups in total. The molecule has 0 saturated heterocycles. The zero-order valence-corrected chi connectivity index (χ0v) is 12.6. The van der Waals surface area contributed by atoms with Gasteiger partial charge in [-0.05, 0) is 24.1 Å². The van der Waals surface area contributed by atoms with Gasteiger partial charge in [-0.25, -0.2) is 4.39 Å². The molecule has 0 aliphatic heterocycles. The summed E-state index contributed by atoms with van der Waals surface area (Å²) in [5.74, 6) is -0.371. The Hall–Kier alpha value is -2.27. The van der Waals surface area contributed by atoms with E-state index in [-0.39, 0.29) is 5.91 Å². The zero-order chi connectivity index (χ0) is 16.1. The van der Waals surface area contributed by atoms with Crippen LogP contribution in [-0.2, 0) is 4.79 Å². The number of aliphatic hydroxyl groups excluding tert-OH is 1. The lowest BCUT2D eigenvalue weighted by Crippen LogP contribution is -2.39. The molecular weight excluding hydrogens is 283 g/mol. The summed E-state index contributed by atoms with van der Waals surface area (Å²) in [6, 6.07) is 10.1. The van der Waals surface area contributed by atoms with Crippen molar-refractivity contribution in [3.8, 4) is 11.1 Å². The van der Waals surface area contributed by atoms with Gasteiger partial charge in [0, 0.05) is 24.4 Å². The van der Waals surface area contributed by atoms with Gasteiger partial charge in [0.25, 0.3) is 0 Å². The number of aryl methyl sites for hydroxylation is 1. The Morgan fingerprint density at radius 1 is 1.23 bits per heavy atom. The van der Waals surface area contributed by atoms with Crippen molar-refractivity contribution in [3.05, 3.63) is 53.9 Å². The third-order valence-electron chi connectivity index (χ3n) is 3.43. The summed E-state index contributed by atoms with van der Waals surface area (Å²) in [6.45, 7) is 2.38. The van der Waals surface area contributed by atoms with Crippen molar-refractivity contribution in [3.63, 3.8) is 0 Å². The predicted molar refractivity (Wildman–Crippen MR) is 82.9 cm³/mol. The Bertz CT molecular complexity index is 626. The van der Waals surface area contributed by atoms with Crippen LogP contribution in [0.4, 0.5) is 4.39 Å². The number of nitrogens with zero attached hydrogens (tertiary/aromatic N) is 1. The van der Waals surface area contributed by atoms with Gasteiger partial charge >= 0.3 is 0 Å². The number of hydrogen-bond donors (Lipinski definition) is 2. The Morgan fingerprint density at radius 3 is 2.36 bits per heavy atom. The first kappa shape index (κ1) is 16.1. The molecule has 4 nitrogen and oxygen atoms in total. The number of pyridine rings is 1. The van der Waals surface area contributed by atoms with Gasteiger partial charge in [0.2, 0.25) is 5.91 Å². The highest BCUT2D eigenvalue weighted by Crippen LogP contribution is 2.23. The normalized spacial score (nSPS) is 13.5. The average molecular weight is 302 g/mol. The van der Waals surface area contributed by atoms with Gasteiger partial charge in [0.05, 0.1) is 6.04 Å². The molecule has 1 aromatic heterocycles. The molecular formula is C17H19FN2O2. The maximum Gasteiger partial charge on any atom is 0.217 e. The van der Waals surface area contributed by atoms with Gasteiger partial charge in [0.1, 0.15) is 12.8 Å². The van der Waals surface area contributed by atoms with E-state index in [1.165, 1.54) is 6.92 Å². The van der Waals surface area contributed by atoms with Gasteiger partial charge < -0.3 is 10.4 Å². The Balaban J connectivity index is 2.17. The van der Waals surface area contributed by atoms with Crippen molar-refractivity contribution in [2.75, 3.05) is 6.67 Å². The first-order valence-corrected chi connectivity index (χ1v) is 7.05. The monoisotopic (exact) mass is 302 g/mol. The van der Waals surface area contributed by atoms with E-state index in [0.717, 1.165) is 16.8 Å². The molecule has 0 radical (unpaired) electrons. The van der Waals surface area contributed by atoms with Crippen LogP contribution < -0.4 is 5.32 Å².